The molecule has 0 N–H and O–H groups in total. The average Bonchev–Trinajstić information content (AvgIpc) is 3.18. The van der Waals surface area contributed by atoms with E-state index in [1.807, 2.05) is 0 Å². The summed E-state index contributed by atoms with van der Waals surface area (Å²) in [5.41, 5.74) is 2.41. The van der Waals surface area contributed by atoms with Gasteiger partial charge in [-0.25, -0.2) is 0 Å². The van der Waals surface area contributed by atoms with Crippen LogP contribution in [0, 0.1) is 39.9 Å². The van der Waals surface area contributed by atoms with Gasteiger partial charge in [0, 0.05) is 12.8 Å². The molecule has 5 aliphatic rings. The van der Waals surface area contributed by atoms with Crippen molar-refractivity contribution in [3.8, 4) is 0 Å². The van der Waals surface area contributed by atoms with Crippen LogP contribution < -0.4 is 0 Å². The van der Waals surface area contributed by atoms with E-state index in [1.54, 1.807) is 0 Å². The third-order valence-electron chi connectivity index (χ3n) is 9.70. The number of hydrogen-bond donors (Lipinski definition) is 0. The molecule has 0 spiro atoms. The molecule has 2 nitrogen and oxygen atoms in total. The van der Waals surface area contributed by atoms with Gasteiger partial charge in [-0.2, -0.15) is 0 Å². The van der Waals surface area contributed by atoms with Gasteiger partial charge in [-0.15, -0.1) is 0 Å². The molecule has 5 rings (SSSR count). The number of Topliss-reactive ketones (excluding diaryl/α,β-unsaturated/α-hetero) is 2. The maximum Gasteiger partial charge on any atom is 0.202 e. The smallest absolute Gasteiger partial charge is 0.202 e. The van der Waals surface area contributed by atoms with Gasteiger partial charge in [0.25, 0.3) is 0 Å². The van der Waals surface area contributed by atoms with Crippen LogP contribution in [0.2, 0.25) is 0 Å². The van der Waals surface area contributed by atoms with Crippen LogP contribution in [0.4, 0.5) is 0 Å². The molecule has 0 saturated heterocycles. The molecule has 0 aromatic heterocycles. The largest absolute Gasteiger partial charge is 0.291 e. The third kappa shape index (κ3) is 2.03. The zero-order valence-corrected chi connectivity index (χ0v) is 16.1. The van der Waals surface area contributed by atoms with Crippen molar-refractivity contribution in [3.05, 3.63) is 11.6 Å². The van der Waals surface area contributed by atoms with Crippen LogP contribution in [0.3, 0.4) is 0 Å². The van der Waals surface area contributed by atoms with E-state index in [0.717, 1.165) is 24.2 Å². The molecule has 0 unspecified atom stereocenters. The van der Waals surface area contributed by atoms with Gasteiger partial charge in [0.15, 0.2) is 5.78 Å². The molecular weight excluding hydrogens is 308 g/mol. The van der Waals surface area contributed by atoms with Gasteiger partial charge >= 0.3 is 0 Å². The third-order valence-corrected chi connectivity index (χ3v) is 9.70. The van der Waals surface area contributed by atoms with Crippen molar-refractivity contribution >= 4 is 11.6 Å². The summed E-state index contributed by atoms with van der Waals surface area (Å²) in [5.74, 6) is 2.85. The standard InChI is InChI=1S/C23H32O2/c1-21(10-11-21)20-7-6-16-15-5-4-14-12-18(24)19(25)13-23(14,3)17(15)8-9-22(16,20)2/h4,15-17,20H,5-13H2,1-3H3/t15-,16-,17-,20+,22-,23-/m0/s1. The highest BCUT2D eigenvalue weighted by Crippen LogP contribution is 2.71. The predicted octanol–water partition coefficient (Wildman–Crippen LogP) is 5.11. The van der Waals surface area contributed by atoms with E-state index in [0.29, 0.717) is 29.6 Å². The summed E-state index contributed by atoms with van der Waals surface area (Å²) >= 11 is 0. The molecule has 4 saturated carbocycles. The minimum atomic E-state index is -0.148. The Bertz CT molecular complexity index is 684. The quantitative estimate of drug-likeness (QED) is 0.491. The van der Waals surface area contributed by atoms with Gasteiger partial charge in [0.1, 0.15) is 0 Å². The van der Waals surface area contributed by atoms with Gasteiger partial charge in [0.05, 0.1) is 0 Å². The SMILES string of the molecule is CC1([C@H]2CC[C@H]3[C@@H]4CC=C5CC(=O)C(=O)C[C@]5(C)[C@H]4CC[C@]23C)CC1. The number of fused-ring (bicyclic) bond motifs is 5. The first-order valence-electron chi connectivity index (χ1n) is 10.5. The van der Waals surface area contributed by atoms with Crippen molar-refractivity contribution in [2.45, 2.75) is 78.6 Å². The van der Waals surface area contributed by atoms with E-state index >= 15 is 0 Å². The Balaban J connectivity index is 1.49. The van der Waals surface area contributed by atoms with Crippen molar-refractivity contribution in [1.82, 2.24) is 0 Å². The monoisotopic (exact) mass is 340 g/mol. The number of allylic oxidation sites excluding steroid dienone is 2. The Kier molecular flexibility index (Phi) is 3.17. The number of carbonyl (C=O) groups excluding carboxylic acids is 2. The van der Waals surface area contributed by atoms with Crippen molar-refractivity contribution in [2.75, 3.05) is 0 Å². The van der Waals surface area contributed by atoms with Crippen LogP contribution in [0.1, 0.15) is 78.6 Å². The number of carbonyl (C=O) groups is 2. The molecule has 0 aliphatic heterocycles. The summed E-state index contributed by atoms with van der Waals surface area (Å²) < 4.78 is 0. The van der Waals surface area contributed by atoms with Crippen molar-refractivity contribution in [1.29, 1.82) is 0 Å². The van der Waals surface area contributed by atoms with Gasteiger partial charge in [-0.3, -0.25) is 9.59 Å². The molecule has 0 heterocycles. The fourth-order valence-corrected chi connectivity index (χ4v) is 8.07. The van der Waals surface area contributed by atoms with E-state index in [9.17, 15) is 9.59 Å². The van der Waals surface area contributed by atoms with E-state index in [1.165, 1.54) is 44.1 Å². The van der Waals surface area contributed by atoms with Crippen LogP contribution in [0.5, 0.6) is 0 Å². The van der Waals surface area contributed by atoms with Crippen LogP contribution >= 0.6 is 0 Å². The van der Waals surface area contributed by atoms with Gasteiger partial charge in [-0.05, 0) is 84.9 Å². The normalized spacial score (nSPS) is 50.6. The molecule has 6 atom stereocenters. The first-order valence-corrected chi connectivity index (χ1v) is 10.5. The summed E-state index contributed by atoms with van der Waals surface area (Å²) in [4.78, 5) is 24.2. The maximum atomic E-state index is 12.2. The highest BCUT2D eigenvalue weighted by molar-refractivity contribution is 6.38. The minimum absolute atomic E-state index is 0.0309. The highest BCUT2D eigenvalue weighted by atomic mass is 16.2. The zero-order valence-electron chi connectivity index (χ0n) is 16.1. The van der Waals surface area contributed by atoms with Crippen LogP contribution in [-0.4, -0.2) is 11.6 Å². The molecule has 4 fully saturated rings. The van der Waals surface area contributed by atoms with Gasteiger partial charge in [-0.1, -0.05) is 32.4 Å². The number of hydrogen-bond acceptors (Lipinski definition) is 2. The fraction of sp³-hybridized carbons (Fsp3) is 0.826. The summed E-state index contributed by atoms with van der Waals surface area (Å²) in [6.07, 6.45) is 12.7. The Hall–Kier alpha value is -0.920. The Morgan fingerprint density at radius 2 is 1.68 bits per heavy atom. The summed E-state index contributed by atoms with van der Waals surface area (Å²) in [6, 6.07) is 0. The minimum Gasteiger partial charge on any atom is -0.291 e. The first-order chi connectivity index (χ1) is 11.8. The molecule has 2 heteroatoms. The molecule has 0 aromatic rings. The lowest BCUT2D eigenvalue weighted by Gasteiger charge is -2.57. The Morgan fingerprint density at radius 3 is 2.40 bits per heavy atom. The summed E-state index contributed by atoms with van der Waals surface area (Å²) in [7, 11) is 0. The van der Waals surface area contributed by atoms with Gasteiger partial charge < -0.3 is 0 Å². The summed E-state index contributed by atoms with van der Waals surface area (Å²) in [6.45, 7) is 7.44. The zero-order chi connectivity index (χ0) is 17.6. The topological polar surface area (TPSA) is 34.1 Å². The van der Waals surface area contributed by atoms with E-state index in [2.05, 4.69) is 26.8 Å². The Morgan fingerprint density at radius 1 is 0.920 bits per heavy atom. The van der Waals surface area contributed by atoms with Gasteiger partial charge in [0.2, 0.25) is 5.78 Å². The Labute approximate surface area is 151 Å². The van der Waals surface area contributed by atoms with Crippen molar-refractivity contribution in [3.63, 3.8) is 0 Å². The molecule has 5 aliphatic carbocycles. The molecule has 0 aromatic carbocycles. The van der Waals surface area contributed by atoms with Crippen molar-refractivity contribution in [2.24, 2.45) is 39.9 Å². The molecule has 0 amide bonds. The van der Waals surface area contributed by atoms with E-state index in [-0.39, 0.29) is 17.0 Å². The average molecular weight is 341 g/mol. The lowest BCUT2D eigenvalue weighted by atomic mass is 9.47. The fourth-order valence-electron chi connectivity index (χ4n) is 8.07. The molecule has 0 radical (unpaired) electrons. The number of rotatable bonds is 1. The number of ketones is 2. The molecular formula is C23H32O2. The molecule has 136 valence electrons. The summed E-state index contributed by atoms with van der Waals surface area (Å²) in [5, 5.41) is 0. The predicted molar refractivity (Wildman–Crippen MR) is 97.9 cm³/mol. The maximum absolute atomic E-state index is 12.2. The second-order valence-electron chi connectivity index (χ2n) is 10.8. The van der Waals surface area contributed by atoms with Crippen LogP contribution in [0.15, 0.2) is 11.6 Å². The molecule has 0 bridgehead atoms. The lowest BCUT2D eigenvalue weighted by Crippen LogP contribution is -2.52. The van der Waals surface area contributed by atoms with E-state index < -0.39 is 0 Å². The van der Waals surface area contributed by atoms with E-state index in [4.69, 9.17) is 0 Å². The van der Waals surface area contributed by atoms with Crippen LogP contribution in [-0.2, 0) is 9.59 Å². The lowest BCUT2D eigenvalue weighted by molar-refractivity contribution is -0.141. The second kappa shape index (κ2) is 4.87. The molecule has 25 heavy (non-hydrogen) atoms. The first kappa shape index (κ1) is 16.3. The highest BCUT2D eigenvalue weighted by Gasteiger charge is 2.63. The van der Waals surface area contributed by atoms with Crippen LogP contribution in [0.25, 0.3) is 0 Å². The second-order valence-corrected chi connectivity index (χ2v) is 10.8. The van der Waals surface area contributed by atoms with Crippen molar-refractivity contribution < 1.29 is 9.59 Å².